The first kappa shape index (κ1) is 23.5. The number of ether oxygens (including phenoxy) is 1. The van der Waals surface area contributed by atoms with Gasteiger partial charge in [-0.1, -0.05) is 31.5 Å². The van der Waals surface area contributed by atoms with E-state index in [4.69, 9.17) is 10.5 Å². The number of hydrogen-bond donors (Lipinski definition) is 2. The fraction of sp³-hybridized carbons (Fsp3) is 0.409. The molecule has 1 aliphatic rings. The van der Waals surface area contributed by atoms with Crippen molar-refractivity contribution in [2.24, 2.45) is 5.92 Å². The minimum Gasteiger partial charge on any atom is -0.496 e. The van der Waals surface area contributed by atoms with Crippen LogP contribution in [0.15, 0.2) is 42.6 Å². The normalized spacial score (nSPS) is 18.5. The number of amides is 2. The number of para-hydroxylation sites is 1. The summed E-state index contributed by atoms with van der Waals surface area (Å²) >= 11 is 0. The maximum absolute atomic E-state index is 13.2. The maximum Gasteiger partial charge on any atom is 0.229 e. The molecule has 2 amide bonds. The molecule has 8 heteroatoms. The smallest absolute Gasteiger partial charge is 0.229 e. The second-order valence-electron chi connectivity index (χ2n) is 7.23. The summed E-state index contributed by atoms with van der Waals surface area (Å²) in [7, 11) is 1.61. The molecule has 0 bridgehead atoms. The fourth-order valence-corrected chi connectivity index (χ4v) is 3.83. The van der Waals surface area contributed by atoms with E-state index in [9.17, 15) is 9.59 Å². The number of nitrogens with one attached hydrogen (secondary N) is 1. The number of nitrogens with zero attached hydrogens (tertiary/aromatic N) is 2. The van der Waals surface area contributed by atoms with Gasteiger partial charge >= 0.3 is 0 Å². The molecule has 0 saturated carbocycles. The number of hydrogen-bond acceptors (Lipinski definition) is 5. The molecule has 2 atom stereocenters. The molecule has 0 aliphatic carbocycles. The van der Waals surface area contributed by atoms with Crippen molar-refractivity contribution in [2.45, 2.75) is 38.6 Å². The van der Waals surface area contributed by atoms with Crippen LogP contribution < -0.4 is 15.8 Å². The van der Waals surface area contributed by atoms with E-state index in [1.54, 1.807) is 19.2 Å². The van der Waals surface area contributed by atoms with Gasteiger partial charge in [-0.2, -0.15) is 0 Å². The second-order valence-corrected chi connectivity index (χ2v) is 7.23. The van der Waals surface area contributed by atoms with E-state index in [1.165, 1.54) is 6.20 Å². The molecule has 0 radical (unpaired) electrons. The van der Waals surface area contributed by atoms with Gasteiger partial charge in [0.15, 0.2) is 0 Å². The monoisotopic (exact) mass is 432 g/mol. The van der Waals surface area contributed by atoms with Crippen LogP contribution in [0.1, 0.15) is 44.2 Å². The van der Waals surface area contributed by atoms with Gasteiger partial charge in [0.25, 0.3) is 0 Å². The summed E-state index contributed by atoms with van der Waals surface area (Å²) in [5.74, 6) is 0.622. The molecule has 2 unspecified atom stereocenters. The molecular weight excluding hydrogens is 404 g/mol. The highest BCUT2D eigenvalue weighted by atomic mass is 35.5. The number of nitrogen functional groups attached to an aromatic ring is 1. The number of benzene rings is 1. The van der Waals surface area contributed by atoms with Crippen molar-refractivity contribution in [1.29, 1.82) is 0 Å². The number of nitrogens with two attached hydrogens (primary N) is 1. The topological polar surface area (TPSA) is 97.6 Å². The number of piperidine rings is 1. The van der Waals surface area contributed by atoms with Gasteiger partial charge in [0, 0.05) is 18.5 Å². The van der Waals surface area contributed by atoms with Crippen LogP contribution in [0.25, 0.3) is 0 Å². The van der Waals surface area contributed by atoms with Crippen molar-refractivity contribution in [3.05, 3.63) is 48.2 Å². The molecule has 1 fully saturated rings. The zero-order valence-corrected chi connectivity index (χ0v) is 18.2. The van der Waals surface area contributed by atoms with Crippen LogP contribution in [0.5, 0.6) is 5.75 Å². The lowest BCUT2D eigenvalue weighted by Crippen LogP contribution is -2.47. The lowest BCUT2D eigenvalue weighted by Gasteiger charge is -2.41. The summed E-state index contributed by atoms with van der Waals surface area (Å²) in [6, 6.07) is 10.6. The van der Waals surface area contributed by atoms with Crippen molar-refractivity contribution < 1.29 is 14.3 Å². The highest BCUT2D eigenvalue weighted by Gasteiger charge is 2.41. The van der Waals surface area contributed by atoms with Gasteiger partial charge in [0.05, 0.1) is 31.0 Å². The van der Waals surface area contributed by atoms with Crippen LogP contribution in [-0.2, 0) is 9.59 Å². The molecule has 1 aliphatic heterocycles. The first-order chi connectivity index (χ1) is 14.0. The van der Waals surface area contributed by atoms with Gasteiger partial charge in [-0.15, -0.1) is 12.4 Å². The lowest BCUT2D eigenvalue weighted by atomic mass is 9.83. The van der Waals surface area contributed by atoms with E-state index in [1.807, 2.05) is 29.2 Å². The summed E-state index contributed by atoms with van der Waals surface area (Å²) in [5.41, 5.74) is 7.07. The Hall–Kier alpha value is -2.80. The summed E-state index contributed by atoms with van der Waals surface area (Å²) in [6.07, 6.45) is 4.23. The van der Waals surface area contributed by atoms with Crippen molar-refractivity contribution in [3.63, 3.8) is 0 Å². The van der Waals surface area contributed by atoms with Gasteiger partial charge in [-0.3, -0.25) is 9.59 Å². The number of likely N-dealkylation sites (tertiary alicyclic amines) is 1. The average molecular weight is 433 g/mol. The highest BCUT2D eigenvalue weighted by molar-refractivity contribution is 5.94. The maximum atomic E-state index is 13.2. The Bertz CT molecular complexity index is 860. The molecule has 2 aromatic rings. The third-order valence-corrected chi connectivity index (χ3v) is 5.31. The Morgan fingerprint density at radius 1 is 1.30 bits per heavy atom. The summed E-state index contributed by atoms with van der Waals surface area (Å²) in [6.45, 7) is 2.70. The first-order valence-corrected chi connectivity index (χ1v) is 10.00. The third-order valence-electron chi connectivity index (χ3n) is 5.31. The van der Waals surface area contributed by atoms with Crippen molar-refractivity contribution in [2.75, 3.05) is 24.7 Å². The highest BCUT2D eigenvalue weighted by Crippen LogP contribution is 2.41. The molecule has 2 heterocycles. The number of anilines is 2. The van der Waals surface area contributed by atoms with Crippen LogP contribution in [0.3, 0.4) is 0 Å². The van der Waals surface area contributed by atoms with E-state index >= 15 is 0 Å². The Balaban J connectivity index is 0.00000320. The molecule has 1 saturated heterocycles. The summed E-state index contributed by atoms with van der Waals surface area (Å²) < 4.78 is 5.55. The zero-order valence-electron chi connectivity index (χ0n) is 17.3. The van der Waals surface area contributed by atoms with Crippen LogP contribution in [0, 0.1) is 5.92 Å². The number of rotatable bonds is 7. The molecule has 1 aromatic heterocycles. The first-order valence-electron chi connectivity index (χ1n) is 10.00. The molecule has 30 heavy (non-hydrogen) atoms. The van der Waals surface area contributed by atoms with Gasteiger partial charge < -0.3 is 20.7 Å². The van der Waals surface area contributed by atoms with Crippen LogP contribution in [0.2, 0.25) is 0 Å². The fourth-order valence-electron chi connectivity index (χ4n) is 3.83. The molecule has 0 spiro atoms. The van der Waals surface area contributed by atoms with Crippen molar-refractivity contribution in [3.8, 4) is 5.75 Å². The van der Waals surface area contributed by atoms with Gasteiger partial charge in [0.2, 0.25) is 11.8 Å². The molecule has 7 nitrogen and oxygen atoms in total. The van der Waals surface area contributed by atoms with Gasteiger partial charge in [0.1, 0.15) is 11.6 Å². The van der Waals surface area contributed by atoms with Crippen molar-refractivity contribution in [1.82, 2.24) is 9.88 Å². The standard InChI is InChI=1S/C22H28N4O3.ClH/c1-3-4-13-26-20(27)12-10-17(21(26)16-7-5-6-8-18(16)29-2)22(28)25-15-9-11-19(23)24-14-15;/h5-9,11,14,17,21H,3-4,10,12-13H2,1-2H3,(H2,23,24)(H,25,28);1H. The number of halogens is 1. The van der Waals surface area contributed by atoms with Crippen LogP contribution >= 0.6 is 12.4 Å². The number of unbranched alkanes of at least 4 members (excludes halogenated alkanes) is 1. The van der Waals surface area contributed by atoms with Crippen LogP contribution in [0.4, 0.5) is 11.5 Å². The minimum absolute atomic E-state index is 0. The van der Waals surface area contributed by atoms with E-state index in [-0.39, 0.29) is 30.3 Å². The molecule has 162 valence electrons. The number of pyridine rings is 1. The lowest BCUT2D eigenvalue weighted by molar-refractivity contribution is -0.142. The Kier molecular flexibility index (Phi) is 8.47. The average Bonchev–Trinajstić information content (AvgIpc) is 2.74. The minimum atomic E-state index is -0.390. The third kappa shape index (κ3) is 5.21. The molecule has 3 N–H and O–H groups in total. The number of carbonyl (C=O) groups is 2. The Morgan fingerprint density at radius 2 is 2.07 bits per heavy atom. The molecule has 3 rings (SSSR count). The number of aromatic nitrogens is 1. The molecule has 1 aromatic carbocycles. The molecular formula is C22H29ClN4O3. The summed E-state index contributed by atoms with van der Waals surface area (Å²) in [5, 5.41) is 2.93. The van der Waals surface area contributed by atoms with E-state index in [0.717, 1.165) is 18.4 Å². The SMILES string of the molecule is CCCCN1C(=O)CCC(C(=O)Nc2ccc(N)nc2)C1c1ccccc1OC.Cl. The quantitative estimate of drug-likeness (QED) is 0.693. The van der Waals surface area contributed by atoms with Crippen LogP contribution in [-0.4, -0.2) is 35.4 Å². The van der Waals surface area contributed by atoms with Gasteiger partial charge in [-0.05, 0) is 31.0 Å². The Labute approximate surface area is 183 Å². The second kappa shape index (κ2) is 10.8. The van der Waals surface area contributed by atoms with E-state index in [0.29, 0.717) is 36.6 Å². The zero-order chi connectivity index (χ0) is 20.8. The predicted octanol–water partition coefficient (Wildman–Crippen LogP) is 3.81. The Morgan fingerprint density at radius 3 is 2.73 bits per heavy atom. The largest absolute Gasteiger partial charge is 0.496 e. The van der Waals surface area contributed by atoms with E-state index in [2.05, 4.69) is 17.2 Å². The summed E-state index contributed by atoms with van der Waals surface area (Å²) in [4.78, 5) is 31.9. The number of carbonyl (C=O) groups excluding carboxylic acids is 2. The number of methoxy groups -OCH3 is 1. The van der Waals surface area contributed by atoms with Gasteiger partial charge in [-0.25, -0.2) is 4.98 Å². The van der Waals surface area contributed by atoms with E-state index < -0.39 is 5.92 Å². The predicted molar refractivity (Wildman–Crippen MR) is 120 cm³/mol. The van der Waals surface area contributed by atoms with Crippen molar-refractivity contribution >= 4 is 35.7 Å².